The lowest BCUT2D eigenvalue weighted by atomic mass is 10.0. The van der Waals surface area contributed by atoms with Gasteiger partial charge in [-0.3, -0.25) is 20.1 Å². The van der Waals surface area contributed by atoms with Crippen molar-refractivity contribution in [3.05, 3.63) is 63.6 Å². The lowest BCUT2D eigenvalue weighted by Crippen LogP contribution is -1.92. The molecule has 0 aliphatic rings. The Hall–Kier alpha value is -3.19. The van der Waals surface area contributed by atoms with E-state index in [0.717, 1.165) is 18.5 Å². The highest BCUT2D eigenvalue weighted by atomic mass is 35.5. The topological polar surface area (TPSA) is 94.7 Å². The van der Waals surface area contributed by atoms with E-state index in [4.69, 9.17) is 16.6 Å². The van der Waals surface area contributed by atoms with Crippen LogP contribution in [0.1, 0.15) is 19.0 Å². The van der Waals surface area contributed by atoms with Crippen molar-refractivity contribution in [2.24, 2.45) is 0 Å². The van der Waals surface area contributed by atoms with Crippen LogP contribution in [0.2, 0.25) is 5.02 Å². The second-order valence-electron chi connectivity index (χ2n) is 6.10. The number of aryl methyl sites for hydroxylation is 1. The SMILES string of the molecule is CCCc1cnc2c(cc([N+](=O)[O-])c3nncc32)c(-c2ccccc2Cl)n1. The van der Waals surface area contributed by atoms with E-state index in [2.05, 4.69) is 22.1 Å². The largest absolute Gasteiger partial charge is 0.298 e. The second-order valence-corrected chi connectivity index (χ2v) is 6.50. The number of nitrogens with zero attached hydrogens (tertiary/aromatic N) is 5. The number of hydrogen-bond donors (Lipinski definition) is 0. The molecular formula is C19H14ClN5O2. The molecule has 0 atom stereocenters. The van der Waals surface area contributed by atoms with E-state index in [1.165, 1.54) is 12.3 Å². The molecule has 4 rings (SSSR count). The Balaban J connectivity index is 2.21. The van der Waals surface area contributed by atoms with Crippen LogP contribution in [0, 0.1) is 10.1 Å². The molecule has 0 saturated carbocycles. The molecule has 0 radical (unpaired) electrons. The summed E-state index contributed by atoms with van der Waals surface area (Å²) in [5, 5.41) is 20.9. The molecule has 0 unspecified atom stereocenters. The highest BCUT2D eigenvalue weighted by Gasteiger charge is 2.21. The predicted octanol–water partition coefficient (Wildman–Crippen LogP) is 4.75. The van der Waals surface area contributed by atoms with Crippen molar-refractivity contribution >= 4 is 39.1 Å². The van der Waals surface area contributed by atoms with Gasteiger partial charge in [0.05, 0.1) is 33.4 Å². The van der Waals surface area contributed by atoms with E-state index in [-0.39, 0.29) is 11.2 Å². The fourth-order valence-electron chi connectivity index (χ4n) is 3.11. The highest BCUT2D eigenvalue weighted by molar-refractivity contribution is 6.33. The molecule has 7 nitrogen and oxygen atoms in total. The average molecular weight is 380 g/mol. The molecular weight excluding hydrogens is 366 g/mol. The summed E-state index contributed by atoms with van der Waals surface area (Å²) in [6.45, 7) is 2.05. The monoisotopic (exact) mass is 379 g/mol. The van der Waals surface area contributed by atoms with E-state index in [0.29, 0.717) is 32.6 Å². The molecule has 2 aromatic carbocycles. The Morgan fingerprint density at radius 3 is 2.70 bits per heavy atom. The number of non-ortho nitro benzene ring substituents is 1. The maximum Gasteiger partial charge on any atom is 0.298 e. The van der Waals surface area contributed by atoms with Crippen LogP contribution in [0.25, 0.3) is 33.1 Å². The van der Waals surface area contributed by atoms with E-state index < -0.39 is 4.92 Å². The lowest BCUT2D eigenvalue weighted by molar-refractivity contribution is -0.383. The number of hydrogen-bond acceptors (Lipinski definition) is 6. The zero-order valence-corrected chi connectivity index (χ0v) is 15.1. The molecule has 8 heteroatoms. The van der Waals surface area contributed by atoms with Crippen LogP contribution >= 0.6 is 11.6 Å². The van der Waals surface area contributed by atoms with Gasteiger partial charge in [-0.05, 0) is 12.5 Å². The maximum absolute atomic E-state index is 11.6. The fraction of sp³-hybridized carbons (Fsp3) is 0.158. The first kappa shape index (κ1) is 17.2. The van der Waals surface area contributed by atoms with Crippen molar-refractivity contribution in [3.63, 3.8) is 0 Å². The molecule has 0 aliphatic carbocycles. The van der Waals surface area contributed by atoms with Crippen LogP contribution < -0.4 is 0 Å². The Morgan fingerprint density at radius 2 is 1.96 bits per heavy atom. The summed E-state index contributed by atoms with van der Waals surface area (Å²) in [5.41, 5.74) is 2.68. The van der Waals surface area contributed by atoms with Crippen molar-refractivity contribution < 1.29 is 4.92 Å². The zero-order valence-electron chi connectivity index (χ0n) is 14.4. The minimum atomic E-state index is -0.465. The third-order valence-electron chi connectivity index (χ3n) is 4.32. The highest BCUT2D eigenvalue weighted by Crippen LogP contribution is 2.37. The van der Waals surface area contributed by atoms with Crippen molar-refractivity contribution in [1.82, 2.24) is 20.2 Å². The number of nitro benzene ring substituents is 1. The first-order valence-corrected chi connectivity index (χ1v) is 8.81. The molecule has 0 spiro atoms. The van der Waals surface area contributed by atoms with Gasteiger partial charge in [-0.25, -0.2) is 0 Å². The molecule has 0 bridgehead atoms. The van der Waals surface area contributed by atoms with Crippen LogP contribution in [0.15, 0.2) is 42.7 Å². The predicted molar refractivity (Wildman–Crippen MR) is 104 cm³/mol. The lowest BCUT2D eigenvalue weighted by Gasteiger charge is -2.06. The maximum atomic E-state index is 11.6. The second kappa shape index (κ2) is 6.85. The van der Waals surface area contributed by atoms with Gasteiger partial charge in [0.2, 0.25) is 0 Å². The number of fused-ring (bicyclic) bond motifs is 3. The summed E-state index contributed by atoms with van der Waals surface area (Å²) >= 11 is 6.41. The quantitative estimate of drug-likeness (QED) is 0.375. The first-order valence-electron chi connectivity index (χ1n) is 8.43. The molecule has 0 saturated heterocycles. The summed E-state index contributed by atoms with van der Waals surface area (Å²) in [6.07, 6.45) is 4.82. The van der Waals surface area contributed by atoms with E-state index in [9.17, 15) is 10.1 Å². The van der Waals surface area contributed by atoms with Gasteiger partial charge in [-0.15, -0.1) is 5.10 Å². The molecule has 0 N–H and O–H groups in total. The standard InChI is InChI=1S/C19H14ClN5O2/c1-2-5-11-9-21-17-13(18(23-11)12-6-3-4-7-15(12)20)8-16(25(26)27)19-14(17)10-22-24-19/h3-4,6-10H,2,5H2,1H3. The Bertz CT molecular complexity index is 1200. The van der Waals surface area contributed by atoms with Crippen molar-refractivity contribution in [3.8, 4) is 11.3 Å². The third kappa shape index (κ3) is 2.96. The summed E-state index contributed by atoms with van der Waals surface area (Å²) in [5.74, 6) is 0. The Morgan fingerprint density at radius 1 is 1.15 bits per heavy atom. The van der Waals surface area contributed by atoms with Crippen molar-refractivity contribution in [2.45, 2.75) is 19.8 Å². The molecule has 27 heavy (non-hydrogen) atoms. The van der Waals surface area contributed by atoms with Crippen molar-refractivity contribution in [1.29, 1.82) is 0 Å². The molecule has 4 aromatic rings. The minimum absolute atomic E-state index is 0.129. The van der Waals surface area contributed by atoms with Crippen LogP contribution in [-0.4, -0.2) is 25.1 Å². The fourth-order valence-corrected chi connectivity index (χ4v) is 3.33. The molecule has 134 valence electrons. The summed E-state index contributed by atoms with van der Waals surface area (Å²) < 4.78 is 0. The third-order valence-corrected chi connectivity index (χ3v) is 4.65. The van der Waals surface area contributed by atoms with E-state index >= 15 is 0 Å². The minimum Gasteiger partial charge on any atom is -0.258 e. The van der Waals surface area contributed by atoms with Gasteiger partial charge in [0.25, 0.3) is 5.69 Å². The number of nitro groups is 1. The van der Waals surface area contributed by atoms with Gasteiger partial charge < -0.3 is 0 Å². The van der Waals surface area contributed by atoms with E-state index in [1.807, 2.05) is 18.2 Å². The van der Waals surface area contributed by atoms with Crippen LogP contribution in [0.3, 0.4) is 0 Å². The molecule has 2 aromatic heterocycles. The zero-order chi connectivity index (χ0) is 19.0. The van der Waals surface area contributed by atoms with E-state index in [1.54, 1.807) is 12.3 Å². The van der Waals surface area contributed by atoms with Crippen LogP contribution in [-0.2, 0) is 6.42 Å². The molecule has 0 aliphatic heterocycles. The van der Waals surface area contributed by atoms with Gasteiger partial charge in [0, 0.05) is 28.2 Å². The average Bonchev–Trinajstić information content (AvgIpc) is 3.06. The molecule has 2 heterocycles. The summed E-state index contributed by atoms with van der Waals surface area (Å²) in [7, 11) is 0. The van der Waals surface area contributed by atoms with Gasteiger partial charge in [0.15, 0.2) is 5.52 Å². The summed E-state index contributed by atoms with van der Waals surface area (Å²) in [4.78, 5) is 20.5. The molecule has 0 amide bonds. The number of benzene rings is 2. The van der Waals surface area contributed by atoms with Gasteiger partial charge >= 0.3 is 0 Å². The summed E-state index contributed by atoms with van der Waals surface area (Å²) in [6, 6.07) is 8.75. The number of aromatic nitrogens is 4. The van der Waals surface area contributed by atoms with Crippen LogP contribution in [0.5, 0.6) is 0 Å². The number of halogens is 1. The first-order chi connectivity index (χ1) is 13.1. The van der Waals surface area contributed by atoms with Crippen molar-refractivity contribution in [2.75, 3.05) is 0 Å². The smallest absolute Gasteiger partial charge is 0.258 e. The van der Waals surface area contributed by atoms with Crippen LogP contribution in [0.4, 0.5) is 5.69 Å². The Kier molecular flexibility index (Phi) is 4.37. The molecule has 0 fully saturated rings. The normalized spacial score (nSPS) is 11.2. The van der Waals surface area contributed by atoms with Gasteiger partial charge in [-0.1, -0.05) is 43.1 Å². The number of rotatable bonds is 4. The van der Waals surface area contributed by atoms with Gasteiger partial charge in [-0.2, -0.15) is 5.10 Å². The Labute approximate surface area is 159 Å². The van der Waals surface area contributed by atoms with Gasteiger partial charge in [0.1, 0.15) is 0 Å².